The van der Waals surface area contributed by atoms with Gasteiger partial charge in [0.05, 0.1) is 18.1 Å². The fraction of sp³-hybridized carbons (Fsp3) is 0.185. The molecule has 0 spiro atoms. The summed E-state index contributed by atoms with van der Waals surface area (Å²) >= 11 is 13.3. The van der Waals surface area contributed by atoms with Gasteiger partial charge in [0.1, 0.15) is 19.0 Å². The standard InChI is InChI=1S/C27H23Cl2NO5S/c1-2-33-24-15-18(11-12-23(24)35-14-13-34-19-7-4-3-5-8-19)16-25-26(31)30(27(32)36-25)17-20-21(28)9-6-10-22(20)29/h3-12,15-16H,2,13-14,17H2,1H3/b25-16-. The van der Waals surface area contributed by atoms with Crippen molar-refractivity contribution in [2.45, 2.75) is 13.5 Å². The molecule has 0 atom stereocenters. The molecule has 0 unspecified atom stereocenters. The Bertz CT molecular complexity index is 1260. The number of nitrogens with zero attached hydrogens (tertiary/aromatic N) is 1. The second-order valence-corrected chi connectivity index (χ2v) is 9.42. The molecule has 0 N–H and O–H groups in total. The Morgan fingerprint density at radius 3 is 2.31 bits per heavy atom. The molecule has 0 aliphatic carbocycles. The summed E-state index contributed by atoms with van der Waals surface area (Å²) in [7, 11) is 0. The van der Waals surface area contributed by atoms with Crippen LogP contribution in [-0.2, 0) is 11.3 Å². The number of carbonyl (C=O) groups is 2. The summed E-state index contributed by atoms with van der Waals surface area (Å²) < 4.78 is 17.2. The van der Waals surface area contributed by atoms with Crippen molar-refractivity contribution in [1.29, 1.82) is 0 Å². The number of halogens is 2. The van der Waals surface area contributed by atoms with Gasteiger partial charge in [-0.1, -0.05) is 53.5 Å². The van der Waals surface area contributed by atoms with Gasteiger partial charge in [-0.15, -0.1) is 0 Å². The summed E-state index contributed by atoms with van der Waals surface area (Å²) in [5, 5.41) is 0.416. The van der Waals surface area contributed by atoms with E-state index in [-0.39, 0.29) is 11.8 Å². The fourth-order valence-corrected chi connectivity index (χ4v) is 4.81. The molecule has 3 aromatic carbocycles. The van der Waals surface area contributed by atoms with Gasteiger partial charge < -0.3 is 14.2 Å². The lowest BCUT2D eigenvalue weighted by Gasteiger charge is -2.15. The zero-order valence-electron chi connectivity index (χ0n) is 19.4. The van der Waals surface area contributed by atoms with Crippen LogP contribution in [0.15, 0.2) is 71.6 Å². The number of hydrogen-bond donors (Lipinski definition) is 0. The van der Waals surface area contributed by atoms with Crippen molar-refractivity contribution in [3.63, 3.8) is 0 Å². The molecule has 1 heterocycles. The third-order valence-corrected chi connectivity index (χ3v) is 6.79. The lowest BCUT2D eigenvalue weighted by molar-refractivity contribution is -0.123. The first kappa shape index (κ1) is 25.9. The van der Waals surface area contributed by atoms with Crippen LogP contribution in [0.3, 0.4) is 0 Å². The molecular formula is C27H23Cl2NO5S. The summed E-state index contributed by atoms with van der Waals surface area (Å²) in [4.78, 5) is 27.0. The molecule has 3 aromatic rings. The van der Waals surface area contributed by atoms with Crippen LogP contribution in [0.2, 0.25) is 10.0 Å². The van der Waals surface area contributed by atoms with Gasteiger partial charge >= 0.3 is 0 Å². The Balaban J connectivity index is 1.44. The lowest BCUT2D eigenvalue weighted by Crippen LogP contribution is -2.27. The van der Waals surface area contributed by atoms with Crippen LogP contribution in [0, 0.1) is 0 Å². The molecule has 6 nitrogen and oxygen atoms in total. The average Bonchev–Trinajstić information content (AvgIpc) is 3.13. The molecule has 9 heteroatoms. The minimum absolute atomic E-state index is 0.00252. The predicted molar refractivity (Wildman–Crippen MR) is 143 cm³/mol. The zero-order chi connectivity index (χ0) is 25.5. The Kier molecular flexibility index (Phi) is 8.80. The van der Waals surface area contributed by atoms with Gasteiger partial charge in [-0.2, -0.15) is 0 Å². The van der Waals surface area contributed by atoms with E-state index in [1.165, 1.54) is 0 Å². The SMILES string of the molecule is CCOc1cc(/C=C2\SC(=O)N(Cc3c(Cl)cccc3Cl)C2=O)ccc1OCCOc1ccccc1. The summed E-state index contributed by atoms with van der Waals surface area (Å²) in [6, 6.07) is 19.9. The highest BCUT2D eigenvalue weighted by Crippen LogP contribution is 2.37. The maximum Gasteiger partial charge on any atom is 0.293 e. The molecule has 1 aliphatic rings. The maximum atomic E-state index is 13.0. The molecule has 1 fully saturated rings. The summed E-state index contributed by atoms with van der Waals surface area (Å²) in [6.45, 7) is 3.02. The Morgan fingerprint density at radius 2 is 1.58 bits per heavy atom. The number of rotatable bonds is 10. The van der Waals surface area contributed by atoms with Gasteiger partial charge in [-0.05, 0) is 66.7 Å². The largest absolute Gasteiger partial charge is 0.490 e. The number of carbonyl (C=O) groups excluding carboxylic acids is 2. The summed E-state index contributed by atoms with van der Waals surface area (Å²) in [6.07, 6.45) is 1.66. The van der Waals surface area contributed by atoms with Crippen LogP contribution < -0.4 is 14.2 Å². The van der Waals surface area contributed by atoms with Crippen LogP contribution in [-0.4, -0.2) is 35.9 Å². The smallest absolute Gasteiger partial charge is 0.293 e. The highest BCUT2D eigenvalue weighted by atomic mass is 35.5. The van der Waals surface area contributed by atoms with Crippen molar-refractivity contribution < 1.29 is 23.8 Å². The van der Waals surface area contributed by atoms with Gasteiger partial charge in [0, 0.05) is 15.6 Å². The van der Waals surface area contributed by atoms with Crippen molar-refractivity contribution >= 4 is 52.2 Å². The first-order valence-electron chi connectivity index (χ1n) is 11.2. The zero-order valence-corrected chi connectivity index (χ0v) is 21.7. The van der Waals surface area contributed by atoms with Crippen molar-refractivity contribution in [3.8, 4) is 17.2 Å². The number of imide groups is 1. The second-order valence-electron chi connectivity index (χ2n) is 7.62. The van der Waals surface area contributed by atoms with E-state index in [1.807, 2.05) is 37.3 Å². The van der Waals surface area contributed by atoms with Crippen molar-refractivity contribution in [3.05, 3.63) is 92.8 Å². The molecule has 4 rings (SSSR count). The van der Waals surface area contributed by atoms with Gasteiger partial charge in [-0.3, -0.25) is 14.5 Å². The molecule has 1 aliphatic heterocycles. The fourth-order valence-electron chi connectivity index (χ4n) is 3.46. The van der Waals surface area contributed by atoms with Crippen LogP contribution in [0.4, 0.5) is 4.79 Å². The third-order valence-electron chi connectivity index (χ3n) is 5.17. The number of para-hydroxylation sites is 1. The van der Waals surface area contributed by atoms with Crippen molar-refractivity contribution in [2.75, 3.05) is 19.8 Å². The number of thioether (sulfide) groups is 1. The molecule has 1 saturated heterocycles. The van der Waals surface area contributed by atoms with Gasteiger partial charge in [-0.25, -0.2) is 0 Å². The maximum absolute atomic E-state index is 13.0. The van der Waals surface area contributed by atoms with E-state index in [0.29, 0.717) is 57.4 Å². The molecule has 0 radical (unpaired) electrons. The van der Waals surface area contributed by atoms with E-state index < -0.39 is 5.91 Å². The monoisotopic (exact) mass is 543 g/mol. The molecule has 0 saturated carbocycles. The van der Waals surface area contributed by atoms with Crippen LogP contribution in [0.1, 0.15) is 18.1 Å². The van der Waals surface area contributed by atoms with E-state index in [1.54, 1.807) is 42.5 Å². The summed E-state index contributed by atoms with van der Waals surface area (Å²) in [5.41, 5.74) is 1.23. The van der Waals surface area contributed by atoms with E-state index in [0.717, 1.165) is 22.4 Å². The minimum Gasteiger partial charge on any atom is -0.490 e. The Morgan fingerprint density at radius 1 is 0.861 bits per heavy atom. The molecule has 2 amide bonds. The predicted octanol–water partition coefficient (Wildman–Crippen LogP) is 7.09. The minimum atomic E-state index is -0.405. The van der Waals surface area contributed by atoms with E-state index in [4.69, 9.17) is 37.4 Å². The summed E-state index contributed by atoms with van der Waals surface area (Å²) in [5.74, 6) is 1.46. The quantitative estimate of drug-likeness (QED) is 0.201. The topological polar surface area (TPSA) is 65.1 Å². The van der Waals surface area contributed by atoms with Crippen molar-refractivity contribution in [2.24, 2.45) is 0 Å². The van der Waals surface area contributed by atoms with Gasteiger partial charge in [0.15, 0.2) is 11.5 Å². The van der Waals surface area contributed by atoms with Crippen LogP contribution >= 0.6 is 35.0 Å². The highest BCUT2D eigenvalue weighted by Gasteiger charge is 2.35. The normalized spacial score (nSPS) is 14.4. The number of amides is 2. The van der Waals surface area contributed by atoms with Gasteiger partial charge in [0.25, 0.3) is 11.1 Å². The second kappa shape index (κ2) is 12.2. The number of benzene rings is 3. The molecule has 0 aromatic heterocycles. The van der Waals surface area contributed by atoms with Crippen LogP contribution in [0.5, 0.6) is 17.2 Å². The third kappa shape index (κ3) is 6.35. The molecule has 0 bridgehead atoms. The Labute approximate surface area is 223 Å². The lowest BCUT2D eigenvalue weighted by atomic mass is 10.1. The highest BCUT2D eigenvalue weighted by molar-refractivity contribution is 8.18. The average molecular weight is 544 g/mol. The van der Waals surface area contributed by atoms with Crippen molar-refractivity contribution in [1.82, 2.24) is 4.90 Å². The van der Waals surface area contributed by atoms with Gasteiger partial charge in [0.2, 0.25) is 0 Å². The number of hydrogen-bond acceptors (Lipinski definition) is 6. The van der Waals surface area contributed by atoms with E-state index in [2.05, 4.69) is 0 Å². The van der Waals surface area contributed by atoms with E-state index in [9.17, 15) is 9.59 Å². The van der Waals surface area contributed by atoms with Crippen LogP contribution in [0.25, 0.3) is 6.08 Å². The molecular weight excluding hydrogens is 521 g/mol. The first-order valence-corrected chi connectivity index (χ1v) is 12.8. The molecule has 36 heavy (non-hydrogen) atoms. The van der Waals surface area contributed by atoms with E-state index >= 15 is 0 Å². The Hall–Kier alpha value is -3.13. The molecule has 186 valence electrons. The first-order chi connectivity index (χ1) is 17.5. The number of ether oxygens (including phenoxy) is 3.